The molecule has 1 atom stereocenters. The van der Waals surface area contributed by atoms with E-state index in [1.807, 2.05) is 54.6 Å². The van der Waals surface area contributed by atoms with Gasteiger partial charge in [-0.15, -0.1) is 11.3 Å². The molecule has 0 spiro atoms. The first-order valence-corrected chi connectivity index (χ1v) is 13.3. The molecule has 4 aromatic rings. The van der Waals surface area contributed by atoms with Crippen LogP contribution in [0.2, 0.25) is 0 Å². The largest absolute Gasteiger partial charge is 0.462 e. The quantitative estimate of drug-likeness (QED) is 0.266. The molecule has 0 bridgehead atoms. The van der Waals surface area contributed by atoms with Crippen molar-refractivity contribution in [3.8, 4) is 11.3 Å². The molecule has 0 saturated heterocycles. The van der Waals surface area contributed by atoms with E-state index in [-0.39, 0.29) is 11.9 Å². The monoisotopic (exact) mass is 548 g/mol. The van der Waals surface area contributed by atoms with Crippen LogP contribution in [-0.2, 0) is 17.6 Å². The fourth-order valence-corrected chi connectivity index (χ4v) is 6.22. The number of fused-ring (bicyclic) bond motifs is 2. The lowest BCUT2D eigenvalue weighted by Gasteiger charge is -2.18. The molecule has 1 aliphatic carbocycles. The zero-order valence-corrected chi connectivity index (χ0v) is 22.0. The van der Waals surface area contributed by atoms with Crippen molar-refractivity contribution in [2.75, 3.05) is 11.9 Å². The first kappa shape index (κ1) is 23.7. The molecular formula is C28H25BrN2O3S. The summed E-state index contributed by atoms with van der Waals surface area (Å²) in [6.45, 7) is 4.31. The zero-order valence-electron chi connectivity index (χ0n) is 19.6. The number of nitrogens with zero attached hydrogens (tertiary/aromatic N) is 1. The number of nitrogens with one attached hydrogen (secondary N) is 1. The van der Waals surface area contributed by atoms with Gasteiger partial charge in [0.05, 0.1) is 28.9 Å². The lowest BCUT2D eigenvalue weighted by molar-refractivity contribution is 0.0526. The van der Waals surface area contributed by atoms with Gasteiger partial charge in [-0.2, -0.15) is 0 Å². The van der Waals surface area contributed by atoms with Gasteiger partial charge in [-0.3, -0.25) is 4.79 Å². The summed E-state index contributed by atoms with van der Waals surface area (Å²) in [5.41, 5.74) is 4.42. The van der Waals surface area contributed by atoms with Crippen molar-refractivity contribution in [3.05, 3.63) is 80.6 Å². The maximum atomic E-state index is 13.7. The predicted molar refractivity (Wildman–Crippen MR) is 144 cm³/mol. The molecule has 0 aliphatic heterocycles. The Bertz CT molecular complexity index is 1430. The van der Waals surface area contributed by atoms with Gasteiger partial charge in [0.25, 0.3) is 5.91 Å². The van der Waals surface area contributed by atoms with E-state index in [1.54, 1.807) is 6.92 Å². The fourth-order valence-electron chi connectivity index (χ4n) is 4.56. The second-order valence-corrected chi connectivity index (χ2v) is 10.8. The van der Waals surface area contributed by atoms with Crippen LogP contribution in [0.5, 0.6) is 0 Å². The summed E-state index contributed by atoms with van der Waals surface area (Å²) in [5.74, 6) is -0.0819. The molecule has 2 heterocycles. The molecule has 5 rings (SSSR count). The molecule has 0 fully saturated rings. The number of anilines is 1. The number of carbonyl (C=O) groups is 2. The van der Waals surface area contributed by atoms with Crippen molar-refractivity contribution < 1.29 is 14.3 Å². The summed E-state index contributed by atoms with van der Waals surface area (Å²) in [4.78, 5) is 32.5. The molecule has 1 amide bonds. The third-order valence-corrected chi connectivity index (χ3v) is 8.02. The first-order valence-electron chi connectivity index (χ1n) is 11.7. The molecule has 35 heavy (non-hydrogen) atoms. The van der Waals surface area contributed by atoms with Crippen LogP contribution >= 0.6 is 27.3 Å². The number of carbonyl (C=O) groups excluding carboxylic acids is 2. The van der Waals surface area contributed by atoms with Crippen molar-refractivity contribution >= 4 is 55.0 Å². The lowest BCUT2D eigenvalue weighted by Crippen LogP contribution is -2.17. The number of hydrogen-bond donors (Lipinski definition) is 1. The van der Waals surface area contributed by atoms with Gasteiger partial charge >= 0.3 is 5.97 Å². The summed E-state index contributed by atoms with van der Waals surface area (Å²) in [7, 11) is 0. The van der Waals surface area contributed by atoms with Crippen LogP contribution < -0.4 is 5.32 Å². The van der Waals surface area contributed by atoms with E-state index in [0.717, 1.165) is 50.6 Å². The number of halogens is 1. The molecule has 0 saturated carbocycles. The standard InChI is InChI=1S/C28H25BrN2O3S/c1-3-34-28(33)25-20-13-8-16(2)14-24(20)35-27(25)31-26(32)21-15-23(17-9-11-18(29)12-10-17)30-22-7-5-4-6-19(21)22/h4-7,9-12,15-16H,3,8,13-14H2,1-2H3,(H,31,32)/t16-/m1/s1. The normalized spacial score (nSPS) is 15.0. The number of hydrogen-bond acceptors (Lipinski definition) is 5. The summed E-state index contributed by atoms with van der Waals surface area (Å²) < 4.78 is 6.34. The van der Waals surface area contributed by atoms with Crippen molar-refractivity contribution in [2.24, 2.45) is 5.92 Å². The van der Waals surface area contributed by atoms with Gasteiger partial charge in [0, 0.05) is 20.3 Å². The SMILES string of the molecule is CCOC(=O)c1c(NC(=O)c2cc(-c3ccc(Br)cc3)nc3ccccc23)sc2c1CC[C@@H](C)C2. The number of pyridine rings is 1. The smallest absolute Gasteiger partial charge is 0.341 e. The van der Waals surface area contributed by atoms with Gasteiger partial charge in [-0.25, -0.2) is 9.78 Å². The van der Waals surface area contributed by atoms with Gasteiger partial charge in [-0.05, 0) is 61.9 Å². The maximum Gasteiger partial charge on any atom is 0.341 e. The Hall–Kier alpha value is -3.03. The van der Waals surface area contributed by atoms with Gasteiger partial charge in [-0.1, -0.05) is 53.2 Å². The number of benzene rings is 2. The third-order valence-electron chi connectivity index (χ3n) is 6.32. The molecule has 178 valence electrons. The van der Waals surface area contributed by atoms with E-state index in [1.165, 1.54) is 11.3 Å². The van der Waals surface area contributed by atoms with Gasteiger partial charge in [0.1, 0.15) is 5.00 Å². The van der Waals surface area contributed by atoms with E-state index in [2.05, 4.69) is 28.2 Å². The molecule has 1 aliphatic rings. The van der Waals surface area contributed by atoms with Gasteiger partial charge in [0.2, 0.25) is 0 Å². The van der Waals surface area contributed by atoms with Crippen molar-refractivity contribution in [1.82, 2.24) is 4.98 Å². The highest BCUT2D eigenvalue weighted by Gasteiger charge is 2.29. The molecule has 7 heteroatoms. The number of para-hydroxylation sites is 1. The van der Waals surface area contributed by atoms with Crippen LogP contribution in [-0.4, -0.2) is 23.5 Å². The minimum atomic E-state index is -0.370. The van der Waals surface area contributed by atoms with E-state index >= 15 is 0 Å². The third kappa shape index (κ3) is 4.75. The van der Waals surface area contributed by atoms with Crippen molar-refractivity contribution in [1.29, 1.82) is 0 Å². The van der Waals surface area contributed by atoms with Crippen LogP contribution in [0.3, 0.4) is 0 Å². The predicted octanol–water partition coefficient (Wildman–Crippen LogP) is 7.28. The Morgan fingerprint density at radius 1 is 1.17 bits per heavy atom. The van der Waals surface area contributed by atoms with E-state index in [0.29, 0.717) is 34.3 Å². The molecule has 1 N–H and O–H groups in total. The Morgan fingerprint density at radius 3 is 2.71 bits per heavy atom. The average molecular weight is 549 g/mol. The van der Waals surface area contributed by atoms with Crippen LogP contribution in [0, 0.1) is 5.92 Å². The Balaban J connectivity index is 1.57. The van der Waals surface area contributed by atoms with E-state index in [4.69, 9.17) is 9.72 Å². The van der Waals surface area contributed by atoms with Crippen molar-refractivity contribution in [3.63, 3.8) is 0 Å². The molecule has 0 unspecified atom stereocenters. The summed E-state index contributed by atoms with van der Waals surface area (Å²) in [5, 5.41) is 4.39. The number of aromatic nitrogens is 1. The molecular weight excluding hydrogens is 524 g/mol. The number of thiophene rings is 1. The minimum Gasteiger partial charge on any atom is -0.462 e. The highest BCUT2D eigenvalue weighted by molar-refractivity contribution is 9.10. The highest BCUT2D eigenvalue weighted by Crippen LogP contribution is 2.40. The first-order chi connectivity index (χ1) is 16.9. The number of amides is 1. The topological polar surface area (TPSA) is 68.3 Å². The van der Waals surface area contributed by atoms with Crippen molar-refractivity contribution in [2.45, 2.75) is 33.1 Å². The van der Waals surface area contributed by atoms with Gasteiger partial charge < -0.3 is 10.1 Å². The number of rotatable bonds is 5. The molecule has 2 aromatic carbocycles. The molecule has 2 aromatic heterocycles. The number of esters is 1. The Kier molecular flexibility index (Phi) is 6.71. The Labute approximate surface area is 216 Å². The van der Waals surface area contributed by atoms with Crippen LogP contribution in [0.15, 0.2) is 59.1 Å². The van der Waals surface area contributed by atoms with E-state index < -0.39 is 0 Å². The van der Waals surface area contributed by atoms with Crippen LogP contribution in [0.4, 0.5) is 5.00 Å². The molecule has 5 nitrogen and oxygen atoms in total. The summed E-state index contributed by atoms with van der Waals surface area (Å²) >= 11 is 4.97. The summed E-state index contributed by atoms with van der Waals surface area (Å²) in [6.07, 6.45) is 2.76. The maximum absolute atomic E-state index is 13.7. The second-order valence-electron chi connectivity index (χ2n) is 8.81. The number of ether oxygens (including phenoxy) is 1. The second kappa shape index (κ2) is 9.91. The summed E-state index contributed by atoms with van der Waals surface area (Å²) in [6, 6.07) is 17.3. The van der Waals surface area contributed by atoms with E-state index in [9.17, 15) is 9.59 Å². The van der Waals surface area contributed by atoms with Crippen LogP contribution in [0.1, 0.15) is 51.4 Å². The van der Waals surface area contributed by atoms with Crippen LogP contribution in [0.25, 0.3) is 22.2 Å². The van der Waals surface area contributed by atoms with Gasteiger partial charge in [0.15, 0.2) is 0 Å². The Morgan fingerprint density at radius 2 is 1.94 bits per heavy atom. The molecule has 0 radical (unpaired) electrons. The minimum absolute atomic E-state index is 0.265. The fraction of sp³-hybridized carbons (Fsp3) is 0.250. The zero-order chi connectivity index (χ0) is 24.5. The average Bonchev–Trinajstić information content (AvgIpc) is 3.20. The highest BCUT2D eigenvalue weighted by atomic mass is 79.9. The lowest BCUT2D eigenvalue weighted by atomic mass is 9.88.